The van der Waals surface area contributed by atoms with Crippen molar-refractivity contribution in [3.05, 3.63) is 29.3 Å². The van der Waals surface area contributed by atoms with Gasteiger partial charge in [-0.2, -0.15) is 0 Å². The van der Waals surface area contributed by atoms with Crippen LogP contribution in [0.4, 0.5) is 5.69 Å². The van der Waals surface area contributed by atoms with Gasteiger partial charge in [0, 0.05) is 23.7 Å². The summed E-state index contributed by atoms with van der Waals surface area (Å²) in [5, 5.41) is 0.618. The molecule has 18 heavy (non-hydrogen) atoms. The van der Waals surface area contributed by atoms with Crippen molar-refractivity contribution >= 4 is 29.2 Å². The van der Waals surface area contributed by atoms with Crippen LogP contribution in [0.1, 0.15) is 13.3 Å². The molecule has 0 aliphatic carbocycles. The number of nitrogens with zero attached hydrogens (tertiary/aromatic N) is 1. The highest BCUT2D eigenvalue weighted by Crippen LogP contribution is 2.26. The van der Waals surface area contributed by atoms with Crippen molar-refractivity contribution in [2.24, 2.45) is 5.92 Å². The average molecular weight is 268 g/mol. The number of halogens is 1. The van der Waals surface area contributed by atoms with E-state index in [1.165, 1.54) is 0 Å². The molecule has 96 valence electrons. The molecule has 1 saturated heterocycles. The van der Waals surface area contributed by atoms with Gasteiger partial charge >= 0.3 is 5.97 Å². The van der Waals surface area contributed by atoms with Gasteiger partial charge < -0.3 is 9.64 Å². The fraction of sp³-hybridized carbons (Fsp3) is 0.385. The van der Waals surface area contributed by atoms with Gasteiger partial charge in [0.25, 0.3) is 0 Å². The van der Waals surface area contributed by atoms with E-state index in [0.717, 1.165) is 5.69 Å². The van der Waals surface area contributed by atoms with Crippen LogP contribution in [0.3, 0.4) is 0 Å². The van der Waals surface area contributed by atoms with Crippen LogP contribution in [-0.4, -0.2) is 25.0 Å². The lowest BCUT2D eigenvalue weighted by Crippen LogP contribution is -2.26. The number of hydrogen-bond acceptors (Lipinski definition) is 3. The molecule has 1 aliphatic rings. The minimum atomic E-state index is -0.367. The van der Waals surface area contributed by atoms with Crippen LogP contribution in [0, 0.1) is 5.92 Å². The molecule has 1 aromatic rings. The van der Waals surface area contributed by atoms with E-state index in [2.05, 4.69) is 0 Å². The summed E-state index contributed by atoms with van der Waals surface area (Å²) in [6.07, 6.45) is 0.210. The van der Waals surface area contributed by atoms with Gasteiger partial charge in [-0.05, 0) is 31.2 Å². The third-order valence-electron chi connectivity index (χ3n) is 2.88. The fourth-order valence-electron chi connectivity index (χ4n) is 2.00. The Kier molecular flexibility index (Phi) is 3.87. The Hall–Kier alpha value is -1.55. The predicted molar refractivity (Wildman–Crippen MR) is 68.5 cm³/mol. The molecule has 0 bridgehead atoms. The fourth-order valence-corrected chi connectivity index (χ4v) is 2.12. The topological polar surface area (TPSA) is 46.6 Å². The number of benzene rings is 1. The van der Waals surface area contributed by atoms with Crippen molar-refractivity contribution in [2.75, 3.05) is 18.1 Å². The summed E-state index contributed by atoms with van der Waals surface area (Å²) in [5.74, 6) is -0.731. The number of esters is 1. The highest BCUT2D eigenvalue weighted by Gasteiger charge is 2.35. The standard InChI is InChI=1S/C13H14ClNO3/c1-2-18-13(17)9-7-12(16)15(8-9)11-5-3-10(14)4-6-11/h3-6,9H,2,7-8H2,1H3/t9-/m1/s1. The Morgan fingerprint density at radius 1 is 1.44 bits per heavy atom. The van der Waals surface area contributed by atoms with Gasteiger partial charge in [-0.3, -0.25) is 9.59 Å². The zero-order chi connectivity index (χ0) is 13.1. The third kappa shape index (κ3) is 2.64. The SMILES string of the molecule is CCOC(=O)[C@@H]1CC(=O)N(c2ccc(Cl)cc2)C1. The second-order valence-corrected chi connectivity index (χ2v) is 4.57. The van der Waals surface area contributed by atoms with Gasteiger partial charge in [-0.25, -0.2) is 0 Å². The number of ether oxygens (including phenoxy) is 1. The maximum atomic E-state index is 11.9. The molecule has 0 radical (unpaired) electrons. The van der Waals surface area contributed by atoms with Crippen LogP contribution in [0.5, 0.6) is 0 Å². The molecule has 2 rings (SSSR count). The van der Waals surface area contributed by atoms with Gasteiger partial charge in [-0.15, -0.1) is 0 Å². The first-order valence-electron chi connectivity index (χ1n) is 5.84. The number of anilines is 1. The van der Waals surface area contributed by atoms with Gasteiger partial charge in [0.2, 0.25) is 5.91 Å². The van der Waals surface area contributed by atoms with E-state index >= 15 is 0 Å². The average Bonchev–Trinajstić information content (AvgIpc) is 2.73. The second-order valence-electron chi connectivity index (χ2n) is 4.13. The van der Waals surface area contributed by atoms with Crippen LogP contribution in [0.25, 0.3) is 0 Å². The van der Waals surface area contributed by atoms with E-state index in [-0.39, 0.29) is 24.2 Å². The van der Waals surface area contributed by atoms with Crippen LogP contribution >= 0.6 is 11.6 Å². The Balaban J connectivity index is 2.10. The van der Waals surface area contributed by atoms with Gasteiger partial charge in [-0.1, -0.05) is 11.6 Å². The number of rotatable bonds is 3. The molecule has 0 N–H and O–H groups in total. The summed E-state index contributed by atoms with van der Waals surface area (Å²) >= 11 is 5.80. The van der Waals surface area contributed by atoms with Crippen molar-refractivity contribution in [3.63, 3.8) is 0 Å². The summed E-state index contributed by atoms with van der Waals surface area (Å²) < 4.78 is 4.94. The van der Waals surface area contributed by atoms with Crippen LogP contribution < -0.4 is 4.90 Å². The number of amides is 1. The first kappa shape index (κ1) is 12.9. The zero-order valence-corrected chi connectivity index (χ0v) is 10.8. The molecular weight excluding hydrogens is 254 g/mol. The highest BCUT2D eigenvalue weighted by molar-refractivity contribution is 6.30. The van der Waals surface area contributed by atoms with Crippen LogP contribution in [-0.2, 0) is 14.3 Å². The normalized spacial score (nSPS) is 19.1. The lowest BCUT2D eigenvalue weighted by molar-refractivity contribution is -0.147. The Morgan fingerprint density at radius 3 is 2.72 bits per heavy atom. The second kappa shape index (κ2) is 5.40. The summed E-state index contributed by atoms with van der Waals surface area (Å²) in [6.45, 7) is 2.47. The van der Waals surface area contributed by atoms with Gasteiger partial charge in [0.1, 0.15) is 0 Å². The molecule has 1 aliphatic heterocycles. The van der Waals surface area contributed by atoms with E-state index in [4.69, 9.17) is 16.3 Å². The minimum Gasteiger partial charge on any atom is -0.466 e. The summed E-state index contributed by atoms with van der Waals surface area (Å²) in [5.41, 5.74) is 0.760. The quantitative estimate of drug-likeness (QED) is 0.789. The number of hydrogen-bond donors (Lipinski definition) is 0. The lowest BCUT2D eigenvalue weighted by Gasteiger charge is -2.16. The maximum Gasteiger partial charge on any atom is 0.311 e. The molecule has 1 heterocycles. The third-order valence-corrected chi connectivity index (χ3v) is 3.14. The van der Waals surface area contributed by atoms with E-state index < -0.39 is 0 Å². The van der Waals surface area contributed by atoms with E-state index in [1.807, 2.05) is 0 Å². The molecule has 1 atom stereocenters. The van der Waals surface area contributed by atoms with Gasteiger partial charge in [0.05, 0.1) is 12.5 Å². The van der Waals surface area contributed by atoms with Crippen LogP contribution in [0.2, 0.25) is 5.02 Å². The molecule has 1 aromatic carbocycles. The molecule has 1 fully saturated rings. The monoisotopic (exact) mass is 267 g/mol. The predicted octanol–water partition coefficient (Wildman–Crippen LogP) is 2.26. The summed E-state index contributed by atoms with van der Waals surface area (Å²) in [7, 11) is 0. The van der Waals surface area contributed by atoms with Crippen molar-refractivity contribution in [3.8, 4) is 0 Å². The Labute approximate surface area is 110 Å². The lowest BCUT2D eigenvalue weighted by atomic mass is 10.1. The molecule has 0 aromatic heterocycles. The Bertz CT molecular complexity index is 458. The molecule has 0 unspecified atom stereocenters. The van der Waals surface area contributed by atoms with Crippen molar-refractivity contribution < 1.29 is 14.3 Å². The smallest absolute Gasteiger partial charge is 0.311 e. The largest absolute Gasteiger partial charge is 0.466 e. The van der Waals surface area contributed by atoms with E-state index in [9.17, 15) is 9.59 Å². The maximum absolute atomic E-state index is 11.9. The first-order valence-corrected chi connectivity index (χ1v) is 6.22. The molecular formula is C13H14ClNO3. The van der Waals surface area contributed by atoms with E-state index in [0.29, 0.717) is 18.2 Å². The van der Waals surface area contributed by atoms with E-state index in [1.54, 1.807) is 36.1 Å². The summed E-state index contributed by atoms with van der Waals surface area (Å²) in [6, 6.07) is 6.99. The summed E-state index contributed by atoms with van der Waals surface area (Å²) in [4.78, 5) is 25.1. The molecule has 4 nitrogen and oxygen atoms in total. The zero-order valence-electron chi connectivity index (χ0n) is 10.1. The molecule has 5 heteroatoms. The first-order chi connectivity index (χ1) is 8.61. The Morgan fingerprint density at radius 2 is 2.11 bits per heavy atom. The van der Waals surface area contributed by atoms with Crippen molar-refractivity contribution in [1.82, 2.24) is 0 Å². The number of carbonyl (C=O) groups is 2. The molecule has 0 saturated carbocycles. The molecule has 1 amide bonds. The highest BCUT2D eigenvalue weighted by atomic mass is 35.5. The van der Waals surface area contributed by atoms with Gasteiger partial charge in [0.15, 0.2) is 0 Å². The minimum absolute atomic E-state index is 0.0598. The van der Waals surface area contributed by atoms with Crippen molar-refractivity contribution in [2.45, 2.75) is 13.3 Å². The van der Waals surface area contributed by atoms with Crippen molar-refractivity contribution in [1.29, 1.82) is 0 Å². The number of carbonyl (C=O) groups excluding carboxylic acids is 2. The molecule has 0 spiro atoms. The van der Waals surface area contributed by atoms with Crippen LogP contribution in [0.15, 0.2) is 24.3 Å².